The first kappa shape index (κ1) is 21.4. The highest BCUT2D eigenvalue weighted by atomic mass is 19.2. The molecule has 0 bridgehead atoms. The fraction of sp³-hybridized carbons (Fsp3) is 0.429. The lowest BCUT2D eigenvalue weighted by Crippen LogP contribution is -2.57. The summed E-state index contributed by atoms with van der Waals surface area (Å²) >= 11 is 0. The first-order valence-corrected chi connectivity index (χ1v) is 10.2. The molecule has 33 heavy (non-hydrogen) atoms. The number of anilines is 1. The van der Waals surface area contributed by atoms with Gasteiger partial charge < -0.3 is 25.3 Å². The largest absolute Gasteiger partial charge is 0.473 e. The highest BCUT2D eigenvalue weighted by Gasteiger charge is 2.64. The van der Waals surface area contributed by atoms with Crippen LogP contribution in [-0.4, -0.2) is 59.6 Å². The fourth-order valence-electron chi connectivity index (χ4n) is 3.78. The molecule has 12 heteroatoms. The number of amidine groups is 1. The number of carbonyl (C=O) groups excluding carboxylic acids is 1. The summed E-state index contributed by atoms with van der Waals surface area (Å²) < 4.78 is 60.0. The van der Waals surface area contributed by atoms with Crippen molar-refractivity contribution in [3.63, 3.8) is 0 Å². The molecular weight excluding hydrogens is 443 g/mol. The number of ether oxygens (including phenoxy) is 3. The number of nitrogens with zero attached hydrogens (tertiary/aromatic N) is 3. The van der Waals surface area contributed by atoms with E-state index in [-0.39, 0.29) is 55.2 Å². The maximum absolute atomic E-state index is 15.6. The molecule has 1 aromatic carbocycles. The monoisotopic (exact) mass is 463 g/mol. The first-order chi connectivity index (χ1) is 15.7. The Hall–Kier alpha value is -3.41. The summed E-state index contributed by atoms with van der Waals surface area (Å²) in [6.07, 6.45) is 3.27. The van der Waals surface area contributed by atoms with Crippen LogP contribution in [0.25, 0.3) is 0 Å². The van der Waals surface area contributed by atoms with E-state index in [0.29, 0.717) is 12.8 Å². The predicted octanol–water partition coefficient (Wildman–Crippen LogP) is 2.03. The number of amides is 1. The van der Waals surface area contributed by atoms with E-state index >= 15 is 4.39 Å². The lowest BCUT2D eigenvalue weighted by Gasteiger charge is -2.40. The van der Waals surface area contributed by atoms with Crippen LogP contribution in [0.15, 0.2) is 35.6 Å². The Morgan fingerprint density at radius 3 is 2.76 bits per heavy atom. The van der Waals surface area contributed by atoms with Gasteiger partial charge in [0.15, 0.2) is 5.67 Å². The van der Waals surface area contributed by atoms with Gasteiger partial charge in [0.25, 0.3) is 11.9 Å². The van der Waals surface area contributed by atoms with E-state index in [1.165, 1.54) is 24.5 Å². The van der Waals surface area contributed by atoms with Gasteiger partial charge in [0, 0.05) is 11.3 Å². The Kier molecular flexibility index (Phi) is 4.92. The summed E-state index contributed by atoms with van der Waals surface area (Å²) in [5, 5.41) is 2.56. The molecule has 1 saturated carbocycles. The number of aromatic nitrogens is 2. The number of aliphatic imine (C=N–C) groups is 1. The quantitative estimate of drug-likeness (QED) is 0.672. The second kappa shape index (κ2) is 7.58. The number of rotatable bonds is 6. The summed E-state index contributed by atoms with van der Waals surface area (Å²) in [6.45, 7) is -1.08. The van der Waals surface area contributed by atoms with Crippen molar-refractivity contribution in [2.45, 2.75) is 29.8 Å². The van der Waals surface area contributed by atoms with Crippen molar-refractivity contribution in [2.24, 2.45) is 10.7 Å². The van der Waals surface area contributed by atoms with Crippen LogP contribution in [0.2, 0.25) is 0 Å². The van der Waals surface area contributed by atoms with Gasteiger partial charge in [-0.25, -0.2) is 28.1 Å². The van der Waals surface area contributed by atoms with Crippen molar-refractivity contribution >= 4 is 17.6 Å². The Morgan fingerprint density at radius 1 is 1.21 bits per heavy atom. The predicted molar refractivity (Wildman–Crippen MR) is 109 cm³/mol. The number of fused-ring (bicyclic) bond motifs is 1. The molecule has 9 nitrogen and oxygen atoms in total. The van der Waals surface area contributed by atoms with E-state index in [0.717, 1.165) is 6.07 Å². The number of halogens is 3. The number of nitrogens with one attached hydrogen (secondary N) is 1. The molecule has 2 atom stereocenters. The van der Waals surface area contributed by atoms with Gasteiger partial charge in [-0.3, -0.25) is 4.79 Å². The van der Waals surface area contributed by atoms with Gasteiger partial charge in [0.2, 0.25) is 11.5 Å². The van der Waals surface area contributed by atoms with Crippen molar-refractivity contribution in [1.29, 1.82) is 0 Å². The third-order valence-electron chi connectivity index (χ3n) is 5.92. The number of nitrogens with two attached hydrogens (primary N) is 1. The molecule has 2 aliphatic heterocycles. The molecule has 1 saturated heterocycles. The van der Waals surface area contributed by atoms with Crippen molar-refractivity contribution in [1.82, 2.24) is 9.97 Å². The molecule has 0 radical (unpaired) electrons. The number of hydrogen-bond donors (Lipinski definition) is 2. The van der Waals surface area contributed by atoms with Crippen molar-refractivity contribution in [3.05, 3.63) is 47.7 Å². The van der Waals surface area contributed by atoms with E-state index in [2.05, 4.69) is 20.3 Å². The Bertz CT molecular complexity index is 1130. The van der Waals surface area contributed by atoms with Gasteiger partial charge >= 0.3 is 0 Å². The van der Waals surface area contributed by atoms with E-state index in [4.69, 9.17) is 19.9 Å². The minimum absolute atomic E-state index is 0.0536. The average Bonchev–Trinajstić information content (AvgIpc) is 3.44. The molecule has 3 N–H and O–H groups in total. The second-order valence-corrected chi connectivity index (χ2v) is 8.37. The third kappa shape index (κ3) is 3.84. The highest BCUT2D eigenvalue weighted by molar-refractivity contribution is 6.02. The van der Waals surface area contributed by atoms with Gasteiger partial charge in [-0.2, -0.15) is 0 Å². The minimum Gasteiger partial charge on any atom is -0.473 e. The molecule has 1 amide bonds. The molecule has 1 aliphatic carbocycles. The number of hydrogen-bond acceptors (Lipinski definition) is 8. The van der Waals surface area contributed by atoms with E-state index in [1.807, 2.05) is 0 Å². The zero-order chi connectivity index (χ0) is 23.3. The highest BCUT2D eigenvalue weighted by Crippen LogP contribution is 2.48. The summed E-state index contributed by atoms with van der Waals surface area (Å²) in [5.74, 6) is -1.31. The topological polar surface area (TPSA) is 121 Å². The van der Waals surface area contributed by atoms with Gasteiger partial charge in [0.05, 0.1) is 32.2 Å². The lowest BCUT2D eigenvalue weighted by molar-refractivity contribution is -0.0718. The van der Waals surface area contributed by atoms with Crippen LogP contribution < -0.4 is 15.8 Å². The Balaban J connectivity index is 1.34. The lowest BCUT2D eigenvalue weighted by atomic mass is 9.80. The SMILES string of the molecule is NC1=NC[C@@]2(F)COC[C@]2(c2cc(NC(=O)c3cnc(OCC4(F)CC4)cn3)ccc2F)O1. The molecule has 2 fully saturated rings. The van der Waals surface area contributed by atoms with E-state index < -0.39 is 28.7 Å². The maximum atomic E-state index is 15.6. The number of carbonyl (C=O) groups is 1. The van der Waals surface area contributed by atoms with E-state index in [9.17, 15) is 13.6 Å². The van der Waals surface area contributed by atoms with Crippen LogP contribution in [0.3, 0.4) is 0 Å². The van der Waals surface area contributed by atoms with Crippen LogP contribution in [0.4, 0.5) is 18.9 Å². The molecule has 0 unspecified atom stereocenters. The van der Waals surface area contributed by atoms with Crippen molar-refractivity contribution in [3.8, 4) is 5.88 Å². The van der Waals surface area contributed by atoms with E-state index in [1.54, 1.807) is 0 Å². The standard InChI is InChI=1S/C21H20F3N5O4/c22-14-2-1-12(5-13(14)21-11-31-10-20(21,24)8-28-18(25)33-21)29-17(30)15-6-27-16(7-26-15)32-9-19(23)3-4-19/h1-2,5-7H,3-4,8-11H2,(H2,25,28)(H,29,30)/t20-,21-/m1/s1. The second-order valence-electron chi connectivity index (χ2n) is 8.37. The normalized spacial score (nSPS) is 27.2. The molecule has 3 heterocycles. The molecular formula is C21H20F3N5O4. The van der Waals surface area contributed by atoms with Crippen LogP contribution in [-0.2, 0) is 15.1 Å². The Labute approximate surface area is 186 Å². The van der Waals surface area contributed by atoms with Crippen molar-refractivity contribution < 1.29 is 32.2 Å². The summed E-state index contributed by atoms with van der Waals surface area (Å²) in [4.78, 5) is 24.3. The number of benzene rings is 1. The smallest absolute Gasteiger partial charge is 0.283 e. The molecule has 3 aliphatic rings. The van der Waals surface area contributed by atoms with Crippen LogP contribution in [0.5, 0.6) is 5.88 Å². The third-order valence-corrected chi connectivity index (χ3v) is 5.92. The van der Waals surface area contributed by atoms with Crippen LogP contribution >= 0.6 is 0 Å². The maximum Gasteiger partial charge on any atom is 0.283 e. The van der Waals surface area contributed by atoms with Crippen LogP contribution in [0, 0.1) is 5.82 Å². The fourth-order valence-corrected chi connectivity index (χ4v) is 3.78. The molecule has 5 rings (SSSR count). The summed E-state index contributed by atoms with van der Waals surface area (Å²) in [5.41, 5.74) is 0.330. The summed E-state index contributed by atoms with van der Waals surface area (Å²) in [7, 11) is 0. The zero-order valence-electron chi connectivity index (χ0n) is 17.3. The number of alkyl halides is 2. The Morgan fingerprint density at radius 2 is 2.03 bits per heavy atom. The molecule has 2 aromatic rings. The van der Waals surface area contributed by atoms with Crippen LogP contribution in [0.1, 0.15) is 28.9 Å². The molecule has 174 valence electrons. The summed E-state index contributed by atoms with van der Waals surface area (Å²) in [6, 6.07) is 3.37. The van der Waals surface area contributed by atoms with Crippen molar-refractivity contribution in [2.75, 3.05) is 31.7 Å². The molecule has 0 spiro atoms. The van der Waals surface area contributed by atoms with Gasteiger partial charge in [-0.15, -0.1) is 0 Å². The average molecular weight is 463 g/mol. The molecule has 1 aromatic heterocycles. The first-order valence-electron chi connectivity index (χ1n) is 10.2. The van der Waals surface area contributed by atoms with Gasteiger partial charge in [-0.05, 0) is 31.0 Å². The minimum atomic E-state index is -2.13. The zero-order valence-corrected chi connectivity index (χ0v) is 17.3. The van der Waals surface area contributed by atoms with Gasteiger partial charge in [-0.1, -0.05) is 0 Å². The van der Waals surface area contributed by atoms with Gasteiger partial charge in [0.1, 0.15) is 23.8 Å².